The normalized spacial score (nSPS) is 35.0. The Labute approximate surface area is 313 Å². The SMILES string of the molecule is C=C(C)O[C@H]1C(=O)[C@@]2(C)C([C@H](O)[C@]3(O)C[C@H](OC(=O)[C@H](O)[C@@H](NC(=O)c4ccccc4)c4ccccc4)C(C)=C1C3(C)C)[C@]1(OC(C)=O)COC1C[C@@H]2O. The number of hydrogen-bond acceptors (Lipinski definition) is 12. The number of allylic oxidation sites excluding steroid dienone is 1. The Bertz CT molecular complexity index is 1860. The van der Waals surface area contributed by atoms with Crippen LogP contribution in [0.1, 0.15) is 76.3 Å². The number of rotatable bonds is 9. The predicted octanol–water partition coefficient (Wildman–Crippen LogP) is 2.86. The largest absolute Gasteiger partial charge is 0.483 e. The Morgan fingerprint density at radius 1 is 0.981 bits per heavy atom. The van der Waals surface area contributed by atoms with Gasteiger partial charge in [0.1, 0.15) is 17.8 Å². The van der Waals surface area contributed by atoms with Gasteiger partial charge in [0.2, 0.25) is 0 Å². The summed E-state index contributed by atoms with van der Waals surface area (Å²) in [6.07, 6.45) is -9.49. The smallest absolute Gasteiger partial charge is 0.338 e. The molecule has 0 aromatic heterocycles. The van der Waals surface area contributed by atoms with E-state index in [1.807, 2.05) is 0 Å². The molecular weight excluding hydrogens is 698 g/mol. The molecule has 0 radical (unpaired) electrons. The molecule has 4 aliphatic rings. The van der Waals surface area contributed by atoms with Crippen molar-refractivity contribution in [1.29, 1.82) is 0 Å². The van der Waals surface area contributed by atoms with Gasteiger partial charge in [-0.2, -0.15) is 0 Å². The van der Waals surface area contributed by atoms with Crippen LogP contribution in [0.15, 0.2) is 84.1 Å². The van der Waals surface area contributed by atoms with Gasteiger partial charge in [0.25, 0.3) is 5.91 Å². The summed E-state index contributed by atoms with van der Waals surface area (Å²) in [6.45, 7) is 12.7. The van der Waals surface area contributed by atoms with Gasteiger partial charge in [-0.05, 0) is 49.6 Å². The van der Waals surface area contributed by atoms with Crippen molar-refractivity contribution < 1.29 is 58.6 Å². The van der Waals surface area contributed by atoms with Crippen molar-refractivity contribution >= 4 is 23.6 Å². The first kappa shape index (κ1) is 39.3. The van der Waals surface area contributed by atoms with Gasteiger partial charge in [-0.15, -0.1) is 0 Å². The Morgan fingerprint density at radius 2 is 1.59 bits per heavy atom. The van der Waals surface area contributed by atoms with Crippen molar-refractivity contribution in [1.82, 2.24) is 5.32 Å². The first-order valence-corrected chi connectivity index (χ1v) is 18.1. The minimum Gasteiger partial charge on any atom is -0.483 e. The Balaban J connectivity index is 1.44. The number of benzene rings is 2. The van der Waals surface area contributed by atoms with Crippen LogP contribution in [0.2, 0.25) is 0 Å². The van der Waals surface area contributed by atoms with Crippen molar-refractivity contribution in [3.05, 3.63) is 95.3 Å². The molecule has 1 aliphatic heterocycles. The second-order valence-corrected chi connectivity index (χ2v) is 15.8. The number of ether oxygens (including phenoxy) is 4. The molecule has 13 nitrogen and oxygen atoms in total. The number of aliphatic hydroxyl groups excluding tert-OH is 3. The number of carbonyl (C=O) groups excluding carboxylic acids is 4. The first-order valence-electron chi connectivity index (χ1n) is 18.1. The summed E-state index contributed by atoms with van der Waals surface area (Å²) in [7, 11) is 0. The standard InChI is InChI=1S/C41H49NO12/c1-21(2)52-32-29-22(3)26(53-37(49)31(45)30(24-14-10-8-11-15-24)42-36(48)25-16-12-9-13-17-25)19-41(50,38(29,5)6)35(47)33-39(7,34(32)46)27(44)18-28-40(33,20-51-28)54-23(4)43/h8-17,26-28,30-33,35,44-45,47,50H,1,18-20H2,2-7H3,(H,42,48)/t26-,27-,28?,30-,31+,32+,33?,35-,39+,40-,41+/m0/s1. The van der Waals surface area contributed by atoms with Gasteiger partial charge < -0.3 is 44.7 Å². The highest BCUT2D eigenvalue weighted by Crippen LogP contribution is 2.63. The number of carbonyl (C=O) groups is 4. The summed E-state index contributed by atoms with van der Waals surface area (Å²) in [6, 6.07) is 15.4. The van der Waals surface area contributed by atoms with Gasteiger partial charge in [0.15, 0.2) is 23.6 Å². The molecule has 3 fully saturated rings. The summed E-state index contributed by atoms with van der Waals surface area (Å²) in [5, 5.41) is 51.6. The van der Waals surface area contributed by atoms with Crippen LogP contribution < -0.4 is 5.32 Å². The predicted molar refractivity (Wildman–Crippen MR) is 192 cm³/mol. The molecule has 5 N–H and O–H groups in total. The molecule has 1 heterocycles. The molecule has 11 atom stereocenters. The summed E-state index contributed by atoms with van der Waals surface area (Å²) in [5.41, 5.74) is -5.94. The molecule has 0 spiro atoms. The van der Waals surface area contributed by atoms with Crippen LogP contribution in [0, 0.1) is 16.7 Å². The van der Waals surface area contributed by atoms with Gasteiger partial charge in [-0.1, -0.05) is 69.0 Å². The highest BCUT2D eigenvalue weighted by atomic mass is 16.6. The third kappa shape index (κ3) is 6.06. The minimum atomic E-state index is -2.23. The highest BCUT2D eigenvalue weighted by molar-refractivity contribution is 5.95. The number of Topliss-reactive ketones (excluding diaryl/α,β-unsaturated/α-hetero) is 1. The van der Waals surface area contributed by atoms with E-state index < -0.39 is 101 Å². The van der Waals surface area contributed by atoms with Crippen LogP contribution in [0.3, 0.4) is 0 Å². The molecule has 1 amide bonds. The van der Waals surface area contributed by atoms with E-state index in [4.69, 9.17) is 18.9 Å². The van der Waals surface area contributed by atoms with Crippen LogP contribution in [-0.4, -0.2) is 98.5 Å². The molecule has 3 aliphatic carbocycles. The van der Waals surface area contributed by atoms with Gasteiger partial charge in [-0.25, -0.2) is 4.79 Å². The number of fused-ring (bicyclic) bond motifs is 5. The number of ketones is 1. The van der Waals surface area contributed by atoms with E-state index in [-0.39, 0.29) is 24.4 Å². The van der Waals surface area contributed by atoms with E-state index in [0.29, 0.717) is 16.7 Å². The second kappa shape index (κ2) is 14.0. The van der Waals surface area contributed by atoms with Crippen molar-refractivity contribution in [2.24, 2.45) is 16.7 Å². The fourth-order valence-electron chi connectivity index (χ4n) is 9.34. The van der Waals surface area contributed by atoms with Gasteiger partial charge in [-0.3, -0.25) is 14.4 Å². The lowest BCUT2D eigenvalue weighted by Gasteiger charge is -2.67. The highest BCUT2D eigenvalue weighted by Gasteiger charge is 2.77. The fraction of sp³-hybridized carbons (Fsp3) is 0.512. The Morgan fingerprint density at radius 3 is 2.15 bits per heavy atom. The molecule has 2 unspecified atom stereocenters. The summed E-state index contributed by atoms with van der Waals surface area (Å²) < 4.78 is 23.8. The quantitative estimate of drug-likeness (QED) is 0.143. The zero-order chi connectivity index (χ0) is 39.5. The zero-order valence-corrected chi connectivity index (χ0v) is 31.3. The first-order chi connectivity index (χ1) is 25.3. The van der Waals surface area contributed by atoms with E-state index in [1.54, 1.807) is 81.4 Å². The number of aliphatic hydroxyl groups is 4. The molecule has 1 saturated heterocycles. The van der Waals surface area contributed by atoms with Crippen molar-refractivity contribution in [2.75, 3.05) is 6.61 Å². The molecule has 2 saturated carbocycles. The van der Waals surface area contributed by atoms with E-state index >= 15 is 4.79 Å². The van der Waals surface area contributed by atoms with E-state index in [1.165, 1.54) is 20.8 Å². The molecule has 2 bridgehead atoms. The van der Waals surface area contributed by atoms with Crippen LogP contribution in [0.25, 0.3) is 0 Å². The molecule has 54 heavy (non-hydrogen) atoms. The van der Waals surface area contributed by atoms with E-state index in [9.17, 15) is 34.8 Å². The number of amides is 1. The van der Waals surface area contributed by atoms with Crippen molar-refractivity contribution in [3.8, 4) is 0 Å². The number of nitrogens with one attached hydrogen (secondary N) is 1. The molecule has 2 aromatic rings. The minimum absolute atomic E-state index is 0.0973. The fourth-order valence-corrected chi connectivity index (χ4v) is 9.34. The summed E-state index contributed by atoms with van der Waals surface area (Å²) >= 11 is 0. The Hall–Kier alpha value is -4.40. The number of esters is 2. The monoisotopic (exact) mass is 747 g/mol. The topological polar surface area (TPSA) is 198 Å². The molecule has 13 heteroatoms. The summed E-state index contributed by atoms with van der Waals surface area (Å²) in [4.78, 5) is 54.9. The maximum absolute atomic E-state index is 15.1. The number of hydrogen-bond donors (Lipinski definition) is 5. The molecule has 6 rings (SSSR count). The van der Waals surface area contributed by atoms with Crippen LogP contribution in [0.4, 0.5) is 0 Å². The maximum atomic E-state index is 15.1. The van der Waals surface area contributed by atoms with Crippen LogP contribution in [0.5, 0.6) is 0 Å². The maximum Gasteiger partial charge on any atom is 0.338 e. The zero-order valence-electron chi connectivity index (χ0n) is 31.3. The second-order valence-electron chi connectivity index (χ2n) is 15.8. The van der Waals surface area contributed by atoms with E-state index in [0.717, 1.165) is 0 Å². The average Bonchev–Trinajstić information content (AvgIpc) is 3.12. The van der Waals surface area contributed by atoms with Crippen LogP contribution >= 0.6 is 0 Å². The molecular formula is C41H49NO12. The van der Waals surface area contributed by atoms with Gasteiger partial charge in [0, 0.05) is 36.7 Å². The molecule has 290 valence electrons. The van der Waals surface area contributed by atoms with Gasteiger partial charge in [0.05, 0.1) is 36.0 Å². The van der Waals surface area contributed by atoms with Crippen molar-refractivity contribution in [3.63, 3.8) is 0 Å². The Kier molecular flexibility index (Phi) is 10.2. The van der Waals surface area contributed by atoms with Crippen LogP contribution in [-0.2, 0) is 33.3 Å². The van der Waals surface area contributed by atoms with E-state index in [2.05, 4.69) is 11.9 Å². The molecule has 2 aromatic carbocycles. The average molecular weight is 748 g/mol. The lowest BCUT2D eigenvalue weighted by atomic mass is 9.44. The lowest BCUT2D eigenvalue weighted by molar-refractivity contribution is -0.346. The summed E-state index contributed by atoms with van der Waals surface area (Å²) in [5.74, 6) is -4.36. The third-order valence-electron chi connectivity index (χ3n) is 12.3. The third-order valence-corrected chi connectivity index (χ3v) is 12.3. The van der Waals surface area contributed by atoms with Crippen molar-refractivity contribution in [2.45, 2.75) is 108 Å². The van der Waals surface area contributed by atoms with Gasteiger partial charge >= 0.3 is 11.9 Å². The lowest BCUT2D eigenvalue weighted by Crippen LogP contribution is -2.81.